The summed E-state index contributed by atoms with van der Waals surface area (Å²) in [4.78, 5) is 55.9. The molecule has 0 radical (unpaired) electrons. The van der Waals surface area contributed by atoms with Crippen molar-refractivity contribution in [2.24, 2.45) is 17.8 Å². The van der Waals surface area contributed by atoms with Crippen molar-refractivity contribution in [1.29, 1.82) is 0 Å². The maximum atomic E-state index is 14.2. The van der Waals surface area contributed by atoms with Gasteiger partial charge in [0.15, 0.2) is 21.2 Å². The number of hydrogen-bond donors (Lipinski definition) is 1. The average Bonchev–Trinajstić information content (AvgIpc) is 3.36. The first kappa shape index (κ1) is 29.1. The Balaban J connectivity index is 1.29. The summed E-state index contributed by atoms with van der Waals surface area (Å²) >= 11 is 14.4. The number of alkyl halides is 2. The number of benzene rings is 2. The molecule has 7 rings (SSSR count). The van der Waals surface area contributed by atoms with Crippen LogP contribution in [0.1, 0.15) is 24.3 Å². The lowest BCUT2D eigenvalue weighted by molar-refractivity contribution is -0.138. The van der Waals surface area contributed by atoms with Gasteiger partial charge < -0.3 is 19.5 Å². The van der Waals surface area contributed by atoms with Crippen molar-refractivity contribution >= 4 is 58.2 Å². The number of phenolic OH excluding ortho intramolecular Hbond substituents is 1. The van der Waals surface area contributed by atoms with E-state index < -0.39 is 45.2 Å². The minimum absolute atomic E-state index is 0.0958. The molecule has 2 aliphatic carbocycles. The number of carbonyl (C=O) groups is 4. The molecule has 230 valence electrons. The van der Waals surface area contributed by atoms with Crippen molar-refractivity contribution in [2.45, 2.75) is 28.5 Å². The van der Waals surface area contributed by atoms with E-state index in [0.717, 1.165) is 23.7 Å². The Morgan fingerprint density at radius 2 is 1.61 bits per heavy atom. The molecule has 44 heavy (non-hydrogen) atoms. The van der Waals surface area contributed by atoms with Gasteiger partial charge in [0, 0.05) is 31.7 Å². The van der Waals surface area contributed by atoms with E-state index in [1.165, 1.54) is 25.1 Å². The smallest absolute Gasteiger partial charge is 0.253 e. The van der Waals surface area contributed by atoms with Crippen LogP contribution in [0.2, 0.25) is 0 Å². The molecule has 1 saturated carbocycles. The van der Waals surface area contributed by atoms with Crippen molar-refractivity contribution in [3.63, 3.8) is 0 Å². The molecule has 0 bridgehead atoms. The fraction of sp³-hybridized carbons (Fsp3) is 0.438. The van der Waals surface area contributed by atoms with E-state index >= 15 is 0 Å². The number of aromatic hydroxyl groups is 1. The molecule has 5 aliphatic rings. The number of nitrogens with zero attached hydrogens (tertiary/aromatic N) is 3. The maximum absolute atomic E-state index is 14.2. The quantitative estimate of drug-likeness (QED) is 0.307. The number of halogens is 2. The molecular formula is C32H31Cl2N3O7. The van der Waals surface area contributed by atoms with E-state index in [-0.39, 0.29) is 36.2 Å². The molecule has 10 nitrogen and oxygen atoms in total. The monoisotopic (exact) mass is 639 g/mol. The Labute approximate surface area is 264 Å². The summed E-state index contributed by atoms with van der Waals surface area (Å²) in [5, 5.41) is 10.7. The summed E-state index contributed by atoms with van der Waals surface area (Å²) in [5.74, 6) is -5.03. The Hall–Kier alpha value is -3.60. The van der Waals surface area contributed by atoms with Crippen LogP contribution in [-0.2, 0) is 23.9 Å². The summed E-state index contributed by atoms with van der Waals surface area (Å²) in [6.45, 7) is 2.79. The van der Waals surface area contributed by atoms with Crippen molar-refractivity contribution in [3.8, 4) is 11.5 Å². The fourth-order valence-corrected chi connectivity index (χ4v) is 8.91. The number of likely N-dealkylation sites (tertiary alicyclic amines) is 1. The van der Waals surface area contributed by atoms with Gasteiger partial charge in [0.1, 0.15) is 0 Å². The highest BCUT2D eigenvalue weighted by molar-refractivity contribution is 6.53. The number of carbonyl (C=O) groups excluding carboxylic acids is 4. The van der Waals surface area contributed by atoms with Crippen LogP contribution in [0.25, 0.3) is 0 Å². The molecule has 6 unspecified atom stereocenters. The zero-order chi connectivity index (χ0) is 31.1. The van der Waals surface area contributed by atoms with E-state index in [1.54, 1.807) is 24.3 Å². The Kier molecular flexibility index (Phi) is 6.77. The first-order valence-electron chi connectivity index (χ1n) is 14.6. The summed E-state index contributed by atoms with van der Waals surface area (Å²) in [6, 6.07) is 12.0. The van der Waals surface area contributed by atoms with Crippen molar-refractivity contribution in [2.75, 3.05) is 50.3 Å². The number of ether oxygens (including phenoxy) is 2. The highest BCUT2D eigenvalue weighted by atomic mass is 35.5. The Morgan fingerprint density at radius 1 is 0.932 bits per heavy atom. The number of hydrogen-bond acceptors (Lipinski definition) is 8. The third-order valence-electron chi connectivity index (χ3n) is 10.0. The molecule has 3 heterocycles. The van der Waals surface area contributed by atoms with E-state index in [9.17, 15) is 24.3 Å². The van der Waals surface area contributed by atoms with Crippen molar-refractivity contribution in [3.05, 3.63) is 59.7 Å². The lowest BCUT2D eigenvalue weighted by Gasteiger charge is -2.50. The molecule has 2 aromatic rings. The van der Waals surface area contributed by atoms with Gasteiger partial charge in [-0.2, -0.15) is 0 Å². The molecule has 2 aromatic carbocycles. The van der Waals surface area contributed by atoms with Gasteiger partial charge >= 0.3 is 0 Å². The van der Waals surface area contributed by atoms with Crippen molar-refractivity contribution < 1.29 is 33.8 Å². The number of methoxy groups -OCH3 is 1. The molecular weight excluding hydrogens is 609 g/mol. The molecule has 4 amide bonds. The van der Waals surface area contributed by atoms with E-state index in [2.05, 4.69) is 4.90 Å². The van der Waals surface area contributed by atoms with Crippen LogP contribution in [0.15, 0.2) is 54.1 Å². The first-order chi connectivity index (χ1) is 21.0. The predicted octanol–water partition coefficient (Wildman–Crippen LogP) is 3.43. The second-order valence-electron chi connectivity index (χ2n) is 12.1. The standard InChI is InChI=1S/C32H31Cl2N3O7/c1-35-29(41)31(33)16-22-20(26(32(31,34)30(35)42)17-3-10-24(43-2)23(38)15-17)8-9-21-25(22)28(40)37(27(21)39)19-6-4-18(5-7-19)36-11-13-44-14-12-36/h3-8,10,15,21-22,25-26,38H,9,11-14,16H2,1-2H3. The van der Waals surface area contributed by atoms with Crippen LogP contribution in [0.3, 0.4) is 0 Å². The van der Waals surface area contributed by atoms with Gasteiger partial charge in [0.2, 0.25) is 11.8 Å². The Morgan fingerprint density at radius 3 is 2.27 bits per heavy atom. The summed E-state index contributed by atoms with van der Waals surface area (Å²) in [6.07, 6.45) is 2.02. The van der Waals surface area contributed by atoms with E-state index in [0.29, 0.717) is 30.0 Å². The molecule has 12 heteroatoms. The summed E-state index contributed by atoms with van der Waals surface area (Å²) < 4.78 is 10.6. The van der Waals surface area contributed by atoms with Crippen molar-refractivity contribution in [1.82, 2.24) is 4.90 Å². The lowest BCUT2D eigenvalue weighted by Crippen LogP contribution is -2.60. The van der Waals surface area contributed by atoms with Crippen LogP contribution in [0.4, 0.5) is 11.4 Å². The number of phenols is 1. The van der Waals surface area contributed by atoms with E-state index in [1.807, 2.05) is 18.2 Å². The predicted molar refractivity (Wildman–Crippen MR) is 162 cm³/mol. The van der Waals surface area contributed by atoms with Gasteiger partial charge in [0.05, 0.1) is 37.8 Å². The van der Waals surface area contributed by atoms with Gasteiger partial charge in [-0.25, -0.2) is 0 Å². The maximum Gasteiger partial charge on any atom is 0.253 e. The first-order valence-corrected chi connectivity index (χ1v) is 15.4. The highest BCUT2D eigenvalue weighted by Crippen LogP contribution is 2.65. The van der Waals surface area contributed by atoms with Crippen LogP contribution >= 0.6 is 23.2 Å². The largest absolute Gasteiger partial charge is 0.504 e. The van der Waals surface area contributed by atoms with Gasteiger partial charge in [-0.15, -0.1) is 23.2 Å². The molecule has 0 spiro atoms. The third-order valence-corrected chi connectivity index (χ3v) is 11.4. The second kappa shape index (κ2) is 10.2. The second-order valence-corrected chi connectivity index (χ2v) is 13.3. The molecule has 1 N–H and O–H groups in total. The van der Waals surface area contributed by atoms with Crippen LogP contribution in [0.5, 0.6) is 11.5 Å². The molecule has 3 aliphatic heterocycles. The van der Waals surface area contributed by atoms with Gasteiger partial charge in [-0.1, -0.05) is 17.7 Å². The number of rotatable bonds is 4. The number of imide groups is 2. The van der Waals surface area contributed by atoms with Gasteiger partial charge in [-0.05, 0) is 60.7 Å². The number of allylic oxidation sites excluding steroid dienone is 2. The van der Waals surface area contributed by atoms with Crippen LogP contribution < -0.4 is 14.5 Å². The number of anilines is 2. The van der Waals surface area contributed by atoms with Gasteiger partial charge in [0.25, 0.3) is 11.8 Å². The van der Waals surface area contributed by atoms with Crippen LogP contribution in [-0.4, -0.2) is 83.8 Å². The third kappa shape index (κ3) is 3.83. The Bertz CT molecular complexity index is 1620. The van der Waals surface area contributed by atoms with Gasteiger partial charge in [-0.3, -0.25) is 29.0 Å². The molecule has 6 atom stereocenters. The zero-order valence-corrected chi connectivity index (χ0v) is 25.7. The SMILES string of the molecule is COc1ccc(C2C3=CCC4C(=O)N(c5ccc(N6CCOCC6)cc5)C(=O)C4C3CC3(Cl)C(=O)N(C)C(=O)C23Cl)cc1O. The number of amides is 4. The highest BCUT2D eigenvalue weighted by Gasteiger charge is 2.75. The fourth-order valence-electron chi connectivity index (χ4n) is 7.89. The normalized spacial score (nSPS) is 33.3. The lowest BCUT2D eigenvalue weighted by atomic mass is 9.56. The van der Waals surface area contributed by atoms with E-state index in [4.69, 9.17) is 32.7 Å². The minimum Gasteiger partial charge on any atom is -0.504 e. The zero-order valence-electron chi connectivity index (χ0n) is 24.2. The number of morpholine rings is 1. The molecule has 3 saturated heterocycles. The van der Waals surface area contributed by atoms with Crippen LogP contribution in [0, 0.1) is 17.8 Å². The average molecular weight is 641 g/mol. The topological polar surface area (TPSA) is 117 Å². The molecule has 4 fully saturated rings. The minimum atomic E-state index is -1.92. The number of fused-ring (bicyclic) bond motifs is 4. The molecule has 0 aromatic heterocycles. The summed E-state index contributed by atoms with van der Waals surface area (Å²) in [7, 11) is 2.76. The summed E-state index contributed by atoms with van der Waals surface area (Å²) in [5.41, 5.74) is 2.55.